The van der Waals surface area contributed by atoms with Gasteiger partial charge in [0.15, 0.2) is 0 Å². The molecule has 1 fully saturated rings. The van der Waals surface area contributed by atoms with Crippen LogP contribution in [0.25, 0.3) is 0 Å². The first-order valence-electron chi connectivity index (χ1n) is 8.01. The Morgan fingerprint density at radius 2 is 2.17 bits per heavy atom. The number of nitrogens with zero attached hydrogens (tertiary/aromatic N) is 4. The van der Waals surface area contributed by atoms with Gasteiger partial charge in [0, 0.05) is 18.2 Å². The molecule has 1 saturated carbocycles. The Kier molecular flexibility index (Phi) is 5.30. The highest BCUT2D eigenvalue weighted by Crippen LogP contribution is 2.31. The van der Waals surface area contributed by atoms with Crippen molar-refractivity contribution in [1.29, 1.82) is 0 Å². The monoisotopic (exact) mass is 349 g/mol. The Morgan fingerprint density at radius 1 is 1.38 bits per heavy atom. The van der Waals surface area contributed by atoms with Crippen LogP contribution in [0.15, 0.2) is 24.5 Å². The van der Waals surface area contributed by atoms with E-state index in [0.29, 0.717) is 22.4 Å². The van der Waals surface area contributed by atoms with Crippen LogP contribution in [0.1, 0.15) is 25.7 Å². The summed E-state index contributed by atoms with van der Waals surface area (Å²) in [5, 5.41) is 14.6. The molecular formula is C16H20ClN5O2. The number of ether oxygens (including phenoxy) is 1. The van der Waals surface area contributed by atoms with Crippen molar-refractivity contribution in [2.24, 2.45) is 11.8 Å². The second kappa shape index (κ2) is 7.61. The van der Waals surface area contributed by atoms with Gasteiger partial charge < -0.3 is 10.1 Å². The molecular weight excluding hydrogens is 330 g/mol. The van der Waals surface area contributed by atoms with Gasteiger partial charge in [0.2, 0.25) is 5.91 Å². The molecule has 1 N–H and O–H groups in total. The third-order valence-electron chi connectivity index (χ3n) is 4.47. The summed E-state index contributed by atoms with van der Waals surface area (Å²) in [6.45, 7) is 0.815. The highest BCUT2D eigenvalue weighted by Gasteiger charge is 2.26. The highest BCUT2D eigenvalue weighted by molar-refractivity contribution is 6.32. The number of tetrazole rings is 1. The number of carbonyl (C=O) groups excluding carboxylic acids is 1. The number of carbonyl (C=O) groups is 1. The van der Waals surface area contributed by atoms with Crippen molar-refractivity contribution >= 4 is 23.2 Å². The first-order valence-corrected chi connectivity index (χ1v) is 8.38. The van der Waals surface area contributed by atoms with Crippen LogP contribution in [-0.4, -0.2) is 33.2 Å². The van der Waals surface area contributed by atoms with Gasteiger partial charge in [0.25, 0.3) is 0 Å². The number of anilines is 1. The summed E-state index contributed by atoms with van der Waals surface area (Å²) in [5.41, 5.74) is 0.696. The van der Waals surface area contributed by atoms with Crippen LogP contribution in [-0.2, 0) is 11.3 Å². The third-order valence-corrected chi connectivity index (χ3v) is 4.77. The van der Waals surface area contributed by atoms with Crippen molar-refractivity contribution in [3.8, 4) is 5.75 Å². The Hall–Kier alpha value is -2.15. The van der Waals surface area contributed by atoms with E-state index in [1.165, 1.54) is 0 Å². The molecule has 0 atom stereocenters. The molecule has 3 rings (SSSR count). The molecule has 7 nitrogen and oxygen atoms in total. The fourth-order valence-corrected chi connectivity index (χ4v) is 3.38. The fourth-order valence-electron chi connectivity index (χ4n) is 3.12. The van der Waals surface area contributed by atoms with Crippen LogP contribution in [0.2, 0.25) is 5.02 Å². The summed E-state index contributed by atoms with van der Waals surface area (Å²) in [5.74, 6) is 1.21. The average Bonchev–Trinajstić information content (AvgIpc) is 3.08. The lowest BCUT2D eigenvalue weighted by Gasteiger charge is -2.27. The van der Waals surface area contributed by atoms with Crippen molar-refractivity contribution in [1.82, 2.24) is 20.2 Å². The van der Waals surface area contributed by atoms with Crippen molar-refractivity contribution in [3.05, 3.63) is 29.5 Å². The molecule has 1 aromatic heterocycles. The van der Waals surface area contributed by atoms with Crippen molar-refractivity contribution in [3.63, 3.8) is 0 Å². The van der Waals surface area contributed by atoms with Crippen molar-refractivity contribution in [2.75, 3.05) is 12.4 Å². The third kappa shape index (κ3) is 4.03. The maximum atomic E-state index is 12.4. The fraction of sp³-hybridized carbons (Fsp3) is 0.500. The first kappa shape index (κ1) is 16.7. The lowest BCUT2D eigenvalue weighted by Crippen LogP contribution is -2.28. The zero-order valence-electron chi connectivity index (χ0n) is 13.5. The molecule has 0 spiro atoms. The lowest BCUT2D eigenvalue weighted by atomic mass is 9.81. The summed E-state index contributed by atoms with van der Waals surface area (Å²) in [6, 6.07) is 5.26. The van der Waals surface area contributed by atoms with Crippen LogP contribution >= 0.6 is 11.6 Å². The maximum Gasteiger partial charge on any atom is 0.227 e. The summed E-state index contributed by atoms with van der Waals surface area (Å²) < 4.78 is 6.87. The van der Waals surface area contributed by atoms with Crippen LogP contribution in [0.5, 0.6) is 5.75 Å². The molecule has 128 valence electrons. The van der Waals surface area contributed by atoms with Crippen molar-refractivity contribution < 1.29 is 9.53 Å². The molecule has 1 aliphatic carbocycles. The molecule has 1 aliphatic rings. The predicted octanol–water partition coefficient (Wildman–Crippen LogP) is 2.78. The van der Waals surface area contributed by atoms with Gasteiger partial charge in [-0.15, -0.1) is 5.10 Å². The van der Waals surface area contributed by atoms with Gasteiger partial charge >= 0.3 is 0 Å². The van der Waals surface area contributed by atoms with Gasteiger partial charge in [-0.2, -0.15) is 0 Å². The molecule has 1 aromatic carbocycles. The van der Waals surface area contributed by atoms with Gasteiger partial charge in [-0.1, -0.05) is 11.6 Å². The topological polar surface area (TPSA) is 81.9 Å². The predicted molar refractivity (Wildman–Crippen MR) is 89.9 cm³/mol. The number of halogens is 1. The summed E-state index contributed by atoms with van der Waals surface area (Å²) >= 11 is 6.09. The second-order valence-corrected chi connectivity index (χ2v) is 6.50. The molecule has 1 amide bonds. The summed E-state index contributed by atoms with van der Waals surface area (Å²) in [4.78, 5) is 12.4. The quantitative estimate of drug-likeness (QED) is 0.897. The number of amides is 1. The second-order valence-electron chi connectivity index (χ2n) is 6.09. The van der Waals surface area contributed by atoms with Crippen LogP contribution in [0.4, 0.5) is 5.69 Å². The number of benzene rings is 1. The molecule has 0 saturated heterocycles. The van der Waals surface area contributed by atoms with Gasteiger partial charge in [-0.25, -0.2) is 4.68 Å². The van der Waals surface area contributed by atoms with Gasteiger partial charge in [-0.05, 0) is 60.2 Å². The largest absolute Gasteiger partial charge is 0.495 e. The van der Waals surface area contributed by atoms with E-state index in [2.05, 4.69) is 20.8 Å². The zero-order chi connectivity index (χ0) is 16.9. The van der Waals surface area contributed by atoms with Crippen LogP contribution < -0.4 is 10.1 Å². The van der Waals surface area contributed by atoms with E-state index in [9.17, 15) is 4.79 Å². The molecule has 0 bridgehead atoms. The number of nitrogens with one attached hydrogen (secondary N) is 1. The number of rotatable bonds is 5. The Morgan fingerprint density at radius 3 is 2.79 bits per heavy atom. The number of hydrogen-bond donors (Lipinski definition) is 1. The van der Waals surface area contributed by atoms with Crippen LogP contribution in [0.3, 0.4) is 0 Å². The molecule has 0 aliphatic heterocycles. The van der Waals surface area contributed by atoms with E-state index in [1.807, 2.05) is 0 Å². The van der Waals surface area contributed by atoms with Crippen molar-refractivity contribution in [2.45, 2.75) is 32.2 Å². The SMILES string of the molecule is COc1ccc(NC(=O)C2CCC(Cn3cnnn3)CC2)cc1Cl. The molecule has 8 heteroatoms. The minimum absolute atomic E-state index is 0.0380. The minimum Gasteiger partial charge on any atom is -0.495 e. The Balaban J connectivity index is 1.50. The van der Waals surface area contributed by atoms with E-state index in [4.69, 9.17) is 16.3 Å². The number of hydrogen-bond acceptors (Lipinski definition) is 5. The van der Waals surface area contributed by atoms with Gasteiger partial charge in [-0.3, -0.25) is 4.79 Å². The van der Waals surface area contributed by atoms with Gasteiger partial charge in [0.1, 0.15) is 12.1 Å². The summed E-state index contributed by atoms with van der Waals surface area (Å²) in [6.07, 6.45) is 5.39. The van der Waals surface area contributed by atoms with E-state index >= 15 is 0 Å². The number of aromatic nitrogens is 4. The lowest BCUT2D eigenvalue weighted by molar-refractivity contribution is -0.121. The molecule has 0 unspecified atom stereocenters. The maximum absolute atomic E-state index is 12.4. The highest BCUT2D eigenvalue weighted by atomic mass is 35.5. The number of methoxy groups -OCH3 is 1. The molecule has 0 radical (unpaired) electrons. The molecule has 1 heterocycles. The van der Waals surface area contributed by atoms with E-state index in [0.717, 1.165) is 32.2 Å². The van der Waals surface area contributed by atoms with Gasteiger partial charge in [0.05, 0.1) is 12.1 Å². The van der Waals surface area contributed by atoms with E-state index in [1.54, 1.807) is 36.3 Å². The molecule has 2 aromatic rings. The zero-order valence-corrected chi connectivity index (χ0v) is 14.2. The Labute approximate surface area is 145 Å². The first-order chi connectivity index (χ1) is 11.7. The average molecular weight is 350 g/mol. The normalized spacial score (nSPS) is 20.6. The Bertz CT molecular complexity index is 684. The smallest absolute Gasteiger partial charge is 0.227 e. The molecule has 24 heavy (non-hydrogen) atoms. The standard InChI is InChI=1S/C16H20ClN5O2/c1-24-15-7-6-13(8-14(15)17)19-16(23)12-4-2-11(3-5-12)9-22-10-18-20-21-22/h6-8,10-12H,2-5,9H2,1H3,(H,19,23). The van der Waals surface area contributed by atoms with E-state index < -0.39 is 0 Å². The van der Waals surface area contributed by atoms with E-state index in [-0.39, 0.29) is 11.8 Å². The minimum atomic E-state index is 0.0380. The van der Waals surface area contributed by atoms with Crippen LogP contribution in [0, 0.1) is 11.8 Å². The summed E-state index contributed by atoms with van der Waals surface area (Å²) in [7, 11) is 1.56.